The van der Waals surface area contributed by atoms with Crippen LogP contribution in [0.2, 0.25) is 0 Å². The summed E-state index contributed by atoms with van der Waals surface area (Å²) in [7, 11) is 1.73. The normalized spacial score (nSPS) is 20.2. The Hall–Kier alpha value is -0.650. The van der Waals surface area contributed by atoms with Crippen LogP contribution in [0.25, 0.3) is 0 Å². The minimum Gasteiger partial charge on any atom is -0.388 e. The maximum Gasteiger partial charge on any atom is 0.229 e. The van der Waals surface area contributed by atoms with Gasteiger partial charge in [-0.3, -0.25) is 4.79 Å². The average molecular weight is 272 g/mol. The maximum absolute atomic E-state index is 12.5. The van der Waals surface area contributed by atoms with Gasteiger partial charge in [-0.2, -0.15) is 0 Å². The van der Waals surface area contributed by atoms with Crippen molar-refractivity contribution in [3.8, 4) is 0 Å². The van der Waals surface area contributed by atoms with Gasteiger partial charge in [-0.15, -0.1) is 0 Å². The van der Waals surface area contributed by atoms with Crippen LogP contribution in [0, 0.1) is 5.41 Å². The van der Waals surface area contributed by atoms with Gasteiger partial charge in [0.25, 0.3) is 0 Å². The van der Waals surface area contributed by atoms with Gasteiger partial charge in [0.15, 0.2) is 0 Å². The van der Waals surface area contributed by atoms with E-state index < -0.39 is 16.6 Å². The molecule has 1 rings (SSSR count). The van der Waals surface area contributed by atoms with Gasteiger partial charge in [-0.1, -0.05) is 0 Å². The topological polar surface area (TPSA) is 75.8 Å². The molecule has 0 aromatic rings. The molecule has 1 fully saturated rings. The van der Waals surface area contributed by atoms with Crippen molar-refractivity contribution in [1.82, 2.24) is 4.90 Å². The molecule has 1 aliphatic heterocycles. The Labute approximate surface area is 116 Å². The summed E-state index contributed by atoms with van der Waals surface area (Å²) < 4.78 is 5.25. The number of hydrogen-bond acceptors (Lipinski definition) is 4. The first-order valence-corrected chi connectivity index (χ1v) is 6.84. The summed E-state index contributed by atoms with van der Waals surface area (Å²) >= 11 is 0. The Bertz CT molecular complexity index is 328. The van der Waals surface area contributed by atoms with Crippen LogP contribution in [0.4, 0.5) is 0 Å². The Balaban J connectivity index is 2.72. The van der Waals surface area contributed by atoms with E-state index in [9.17, 15) is 9.90 Å². The molecular formula is C14H28N2O3. The van der Waals surface area contributed by atoms with Crippen LogP contribution in [-0.4, -0.2) is 53.9 Å². The van der Waals surface area contributed by atoms with Gasteiger partial charge in [0.1, 0.15) is 0 Å². The molecule has 0 saturated carbocycles. The number of amides is 1. The lowest BCUT2D eigenvalue weighted by Gasteiger charge is -2.42. The van der Waals surface area contributed by atoms with Gasteiger partial charge in [-0.25, -0.2) is 0 Å². The third kappa shape index (κ3) is 3.68. The van der Waals surface area contributed by atoms with Crippen molar-refractivity contribution in [2.75, 3.05) is 26.8 Å². The van der Waals surface area contributed by atoms with Gasteiger partial charge in [0, 0.05) is 45.2 Å². The van der Waals surface area contributed by atoms with Crippen LogP contribution < -0.4 is 5.73 Å². The first-order valence-electron chi connectivity index (χ1n) is 6.84. The number of carbonyl (C=O) groups is 1. The fraction of sp³-hybridized carbons (Fsp3) is 0.929. The van der Waals surface area contributed by atoms with E-state index >= 15 is 0 Å². The van der Waals surface area contributed by atoms with Crippen molar-refractivity contribution in [2.45, 2.75) is 51.7 Å². The molecule has 3 N–H and O–H groups in total. The second-order valence-corrected chi connectivity index (χ2v) is 6.84. The molecule has 0 atom stereocenters. The zero-order valence-corrected chi connectivity index (χ0v) is 12.8. The monoisotopic (exact) mass is 272 g/mol. The fourth-order valence-corrected chi connectivity index (χ4v) is 2.18. The minimum atomic E-state index is -0.836. The average Bonchev–Trinajstić information content (AvgIpc) is 2.26. The molecule has 0 radical (unpaired) electrons. The predicted molar refractivity (Wildman–Crippen MR) is 74.7 cm³/mol. The number of carbonyl (C=O) groups excluding carboxylic acids is 1. The first-order chi connectivity index (χ1) is 8.50. The van der Waals surface area contributed by atoms with Crippen LogP contribution in [0.3, 0.4) is 0 Å². The number of rotatable bonds is 4. The van der Waals surface area contributed by atoms with E-state index in [0.29, 0.717) is 32.6 Å². The van der Waals surface area contributed by atoms with Crippen molar-refractivity contribution in [3.63, 3.8) is 0 Å². The van der Waals surface area contributed by atoms with Crippen molar-refractivity contribution in [1.29, 1.82) is 0 Å². The van der Waals surface area contributed by atoms with Gasteiger partial charge < -0.3 is 20.5 Å². The summed E-state index contributed by atoms with van der Waals surface area (Å²) in [6.45, 7) is 8.81. The van der Waals surface area contributed by atoms with Gasteiger partial charge in [0.2, 0.25) is 5.91 Å². The lowest BCUT2D eigenvalue weighted by atomic mass is 9.74. The Morgan fingerprint density at radius 2 is 1.79 bits per heavy atom. The molecular weight excluding hydrogens is 244 g/mol. The number of hydrogen-bond donors (Lipinski definition) is 2. The minimum absolute atomic E-state index is 0.0417. The van der Waals surface area contributed by atoms with Crippen molar-refractivity contribution < 1.29 is 14.6 Å². The molecule has 0 unspecified atom stereocenters. The summed E-state index contributed by atoms with van der Waals surface area (Å²) in [5.74, 6) is -0.0417. The quantitative estimate of drug-likeness (QED) is 0.792. The van der Waals surface area contributed by atoms with Gasteiger partial charge >= 0.3 is 0 Å². The smallest absolute Gasteiger partial charge is 0.229 e. The molecule has 0 aromatic carbocycles. The molecule has 5 nitrogen and oxygen atoms in total. The fourth-order valence-electron chi connectivity index (χ4n) is 2.18. The number of likely N-dealkylation sites (N-methyl/N-ethyl adjacent to an activating group) is 1. The standard InChI is InChI=1S/C14H28N2O3/c1-12(2,13(3,4)15)11(17)16(5)10-14(18)6-8-19-9-7-14/h18H,6-10,15H2,1-5H3. The number of nitrogens with two attached hydrogens (primary N) is 1. The zero-order valence-electron chi connectivity index (χ0n) is 12.8. The zero-order chi connectivity index (χ0) is 14.9. The highest BCUT2D eigenvalue weighted by Gasteiger charge is 2.43. The first kappa shape index (κ1) is 16.4. The highest BCUT2D eigenvalue weighted by Crippen LogP contribution is 2.31. The van der Waals surface area contributed by atoms with Crippen molar-refractivity contribution >= 4 is 5.91 Å². The molecule has 0 aliphatic carbocycles. The van der Waals surface area contributed by atoms with Gasteiger partial charge in [-0.05, 0) is 27.7 Å². The molecule has 19 heavy (non-hydrogen) atoms. The molecule has 0 aromatic heterocycles. The summed E-state index contributed by atoms with van der Waals surface area (Å²) in [6.07, 6.45) is 1.13. The van der Waals surface area contributed by atoms with Crippen LogP contribution in [0.15, 0.2) is 0 Å². The molecule has 1 aliphatic rings. The van der Waals surface area contributed by atoms with Crippen LogP contribution in [-0.2, 0) is 9.53 Å². The molecule has 1 saturated heterocycles. The highest BCUT2D eigenvalue weighted by atomic mass is 16.5. The largest absolute Gasteiger partial charge is 0.388 e. The third-order valence-electron chi connectivity index (χ3n) is 4.45. The van der Waals surface area contributed by atoms with Gasteiger partial charge in [0.05, 0.1) is 11.0 Å². The molecule has 5 heteroatoms. The van der Waals surface area contributed by atoms with Crippen molar-refractivity contribution in [2.24, 2.45) is 11.1 Å². The Kier molecular flexibility index (Phi) is 4.65. The van der Waals surface area contributed by atoms with E-state index in [-0.39, 0.29) is 5.91 Å². The van der Waals surface area contributed by atoms with E-state index in [1.807, 2.05) is 27.7 Å². The Morgan fingerprint density at radius 3 is 2.21 bits per heavy atom. The summed E-state index contributed by atoms with van der Waals surface area (Å²) in [5.41, 5.74) is 3.96. The Morgan fingerprint density at radius 1 is 1.32 bits per heavy atom. The second kappa shape index (κ2) is 5.38. The van der Waals surface area contributed by atoms with Crippen LogP contribution in [0.1, 0.15) is 40.5 Å². The lowest BCUT2D eigenvalue weighted by Crippen LogP contribution is -2.58. The highest BCUT2D eigenvalue weighted by molar-refractivity contribution is 5.83. The summed E-state index contributed by atoms with van der Waals surface area (Å²) in [4.78, 5) is 14.1. The van der Waals surface area contributed by atoms with Crippen LogP contribution >= 0.6 is 0 Å². The number of nitrogens with zero attached hydrogens (tertiary/aromatic N) is 1. The van der Waals surface area contributed by atoms with E-state index in [2.05, 4.69) is 0 Å². The lowest BCUT2D eigenvalue weighted by molar-refractivity contribution is -0.148. The maximum atomic E-state index is 12.5. The van der Waals surface area contributed by atoms with E-state index in [4.69, 9.17) is 10.5 Å². The summed E-state index contributed by atoms with van der Waals surface area (Å²) in [6, 6.07) is 0. The molecule has 1 amide bonds. The third-order valence-corrected chi connectivity index (χ3v) is 4.45. The molecule has 0 spiro atoms. The molecule has 1 heterocycles. The predicted octanol–water partition coefficient (Wildman–Crippen LogP) is 0.750. The second-order valence-electron chi connectivity index (χ2n) is 6.84. The summed E-state index contributed by atoms with van der Waals surface area (Å²) in [5, 5.41) is 10.5. The number of aliphatic hydroxyl groups is 1. The van der Waals surface area contributed by atoms with E-state index in [0.717, 1.165) is 0 Å². The van der Waals surface area contributed by atoms with Crippen LogP contribution in [0.5, 0.6) is 0 Å². The SMILES string of the molecule is CN(CC1(O)CCOCC1)C(=O)C(C)(C)C(C)(C)N. The van der Waals surface area contributed by atoms with E-state index in [1.165, 1.54) is 0 Å². The van der Waals surface area contributed by atoms with Crippen molar-refractivity contribution in [3.05, 3.63) is 0 Å². The molecule has 112 valence electrons. The number of ether oxygens (including phenoxy) is 1. The van der Waals surface area contributed by atoms with E-state index in [1.54, 1.807) is 11.9 Å². The molecule has 0 bridgehead atoms.